The molecule has 1 saturated carbocycles. The van der Waals surface area contributed by atoms with Crippen molar-refractivity contribution in [1.29, 1.82) is 0 Å². The van der Waals surface area contributed by atoms with E-state index in [9.17, 15) is 4.39 Å². The molecule has 1 aliphatic carbocycles. The second-order valence-electron chi connectivity index (χ2n) is 7.18. The molecule has 0 bridgehead atoms. The van der Waals surface area contributed by atoms with Gasteiger partial charge in [-0.15, -0.1) is 0 Å². The average Bonchev–Trinajstić information content (AvgIpc) is 2.63. The number of benzene rings is 1. The van der Waals surface area contributed by atoms with Crippen LogP contribution in [-0.4, -0.2) is 19.5 Å². The number of allylic oxidation sites excluding steroid dienone is 1. The molecule has 2 aliphatic rings. The predicted octanol–water partition coefficient (Wildman–Crippen LogP) is 5.44. The van der Waals surface area contributed by atoms with E-state index in [-0.39, 0.29) is 12.1 Å². The molecule has 0 unspecified atom stereocenters. The molecule has 0 radical (unpaired) electrons. The van der Waals surface area contributed by atoms with Crippen LogP contribution in [0.15, 0.2) is 36.4 Å². The number of ether oxygens (including phenoxy) is 2. The second-order valence-corrected chi connectivity index (χ2v) is 7.18. The van der Waals surface area contributed by atoms with E-state index in [2.05, 4.69) is 25.1 Å². The minimum atomic E-state index is -0.129. The zero-order chi connectivity index (χ0) is 16.8. The molecule has 1 aromatic carbocycles. The quantitative estimate of drug-likeness (QED) is 0.668. The summed E-state index contributed by atoms with van der Waals surface area (Å²) in [6.07, 6.45) is 11.1. The number of halogens is 1. The van der Waals surface area contributed by atoms with Gasteiger partial charge in [-0.3, -0.25) is 0 Å². The van der Waals surface area contributed by atoms with Crippen molar-refractivity contribution in [3.63, 3.8) is 0 Å². The Balaban J connectivity index is 1.44. The van der Waals surface area contributed by atoms with Crippen molar-refractivity contribution in [3.8, 4) is 0 Å². The molecule has 0 amide bonds. The summed E-state index contributed by atoms with van der Waals surface area (Å²) in [4.78, 5) is 0. The summed E-state index contributed by atoms with van der Waals surface area (Å²) < 4.78 is 25.4. The Labute approximate surface area is 145 Å². The Bertz CT molecular complexity index is 526. The minimum absolute atomic E-state index is 0.0470. The van der Waals surface area contributed by atoms with Crippen LogP contribution < -0.4 is 0 Å². The molecule has 2 nitrogen and oxygen atoms in total. The summed E-state index contributed by atoms with van der Waals surface area (Å²) in [6, 6.07) is 7.07. The highest BCUT2D eigenvalue weighted by Crippen LogP contribution is 2.39. The van der Waals surface area contributed by atoms with Gasteiger partial charge in [0.25, 0.3) is 0 Å². The molecule has 1 heterocycles. The van der Waals surface area contributed by atoms with Crippen molar-refractivity contribution in [2.75, 3.05) is 13.2 Å². The lowest BCUT2D eigenvalue weighted by atomic mass is 9.78. The molecule has 3 rings (SSSR count). The topological polar surface area (TPSA) is 18.5 Å². The van der Waals surface area contributed by atoms with Gasteiger partial charge in [0.15, 0.2) is 6.29 Å². The van der Waals surface area contributed by atoms with Gasteiger partial charge in [0.2, 0.25) is 0 Å². The van der Waals surface area contributed by atoms with Gasteiger partial charge in [0, 0.05) is 11.8 Å². The maximum absolute atomic E-state index is 13.4. The van der Waals surface area contributed by atoms with Crippen LogP contribution in [0.4, 0.5) is 4.39 Å². The summed E-state index contributed by atoms with van der Waals surface area (Å²) in [6.45, 7) is 3.73. The van der Waals surface area contributed by atoms with Crippen LogP contribution >= 0.6 is 0 Å². The fourth-order valence-corrected chi connectivity index (χ4v) is 3.86. The maximum atomic E-state index is 13.4. The first-order valence-electron chi connectivity index (χ1n) is 9.41. The van der Waals surface area contributed by atoms with Crippen LogP contribution in [0.1, 0.15) is 56.9 Å². The van der Waals surface area contributed by atoms with Gasteiger partial charge in [0.05, 0.1) is 13.2 Å². The third kappa shape index (κ3) is 4.67. The third-order valence-corrected chi connectivity index (χ3v) is 5.29. The molecule has 1 aliphatic heterocycles. The zero-order valence-corrected chi connectivity index (χ0v) is 14.6. The number of unbranched alkanes of at least 4 members (excludes halogenated alkanes) is 1. The molecule has 0 aromatic heterocycles. The van der Waals surface area contributed by atoms with Gasteiger partial charge < -0.3 is 9.47 Å². The van der Waals surface area contributed by atoms with Crippen molar-refractivity contribution < 1.29 is 13.9 Å². The first-order chi connectivity index (χ1) is 11.8. The van der Waals surface area contributed by atoms with Gasteiger partial charge in [-0.1, -0.05) is 37.6 Å². The van der Waals surface area contributed by atoms with Gasteiger partial charge in [0.1, 0.15) is 5.82 Å². The number of hydrogen-bond acceptors (Lipinski definition) is 2. The Hall–Kier alpha value is -1.19. The smallest absolute Gasteiger partial charge is 0.160 e. The summed E-state index contributed by atoms with van der Waals surface area (Å²) in [5.74, 6) is 1.23. The van der Waals surface area contributed by atoms with Crippen LogP contribution in [-0.2, 0) is 9.47 Å². The lowest BCUT2D eigenvalue weighted by Gasteiger charge is -2.37. The van der Waals surface area contributed by atoms with E-state index in [4.69, 9.17) is 9.47 Å². The van der Waals surface area contributed by atoms with E-state index in [0.29, 0.717) is 17.8 Å². The van der Waals surface area contributed by atoms with Gasteiger partial charge in [-0.25, -0.2) is 4.39 Å². The fraction of sp³-hybridized carbons (Fsp3) is 0.619. The highest BCUT2D eigenvalue weighted by atomic mass is 19.1. The van der Waals surface area contributed by atoms with Crippen LogP contribution in [0.2, 0.25) is 0 Å². The molecule has 132 valence electrons. The molecule has 3 heteroatoms. The van der Waals surface area contributed by atoms with Crippen molar-refractivity contribution >= 4 is 0 Å². The molecule has 24 heavy (non-hydrogen) atoms. The maximum Gasteiger partial charge on any atom is 0.160 e. The largest absolute Gasteiger partial charge is 0.352 e. The monoisotopic (exact) mass is 332 g/mol. The van der Waals surface area contributed by atoms with E-state index in [1.807, 2.05) is 6.07 Å². The van der Waals surface area contributed by atoms with Crippen LogP contribution in [0, 0.1) is 17.7 Å². The number of hydrogen-bond donors (Lipinski definition) is 0. The van der Waals surface area contributed by atoms with Gasteiger partial charge in [-0.05, 0) is 55.7 Å². The third-order valence-electron chi connectivity index (χ3n) is 5.29. The molecule has 1 aromatic rings. The first-order valence-corrected chi connectivity index (χ1v) is 9.41. The molecular weight excluding hydrogens is 303 g/mol. The lowest BCUT2D eigenvalue weighted by molar-refractivity contribution is -0.222. The van der Waals surface area contributed by atoms with Gasteiger partial charge in [-0.2, -0.15) is 0 Å². The van der Waals surface area contributed by atoms with Crippen molar-refractivity contribution in [2.24, 2.45) is 11.8 Å². The normalized spacial score (nSPS) is 31.4. The van der Waals surface area contributed by atoms with E-state index in [1.165, 1.54) is 12.5 Å². The van der Waals surface area contributed by atoms with Crippen LogP contribution in [0.3, 0.4) is 0 Å². The number of rotatable bonds is 5. The summed E-state index contributed by atoms with van der Waals surface area (Å²) in [5.41, 5.74) is 1.14. The van der Waals surface area contributed by atoms with E-state index in [1.54, 1.807) is 6.07 Å². The molecule has 0 atom stereocenters. The molecule has 0 N–H and O–H groups in total. The van der Waals surface area contributed by atoms with Crippen molar-refractivity contribution in [2.45, 2.75) is 57.7 Å². The Kier molecular flexibility index (Phi) is 6.44. The SMILES string of the molecule is CCCC=CC1COC(C2CCC(c3cccc(F)c3)CC2)OC1. The molecule has 2 fully saturated rings. The van der Waals surface area contributed by atoms with Crippen LogP contribution in [0.25, 0.3) is 0 Å². The van der Waals surface area contributed by atoms with Crippen molar-refractivity contribution in [1.82, 2.24) is 0 Å². The van der Waals surface area contributed by atoms with E-state index in [0.717, 1.165) is 50.9 Å². The summed E-state index contributed by atoms with van der Waals surface area (Å²) in [5, 5.41) is 0. The summed E-state index contributed by atoms with van der Waals surface area (Å²) in [7, 11) is 0. The second kappa shape index (κ2) is 8.77. The molecule has 0 spiro atoms. The summed E-state index contributed by atoms with van der Waals surface area (Å²) >= 11 is 0. The Morgan fingerprint density at radius 1 is 1.12 bits per heavy atom. The Morgan fingerprint density at radius 3 is 2.54 bits per heavy atom. The zero-order valence-electron chi connectivity index (χ0n) is 14.6. The fourth-order valence-electron chi connectivity index (χ4n) is 3.86. The predicted molar refractivity (Wildman–Crippen MR) is 94.3 cm³/mol. The Morgan fingerprint density at radius 2 is 1.88 bits per heavy atom. The molecular formula is C21H29FO2. The molecule has 1 saturated heterocycles. The average molecular weight is 332 g/mol. The minimum Gasteiger partial charge on any atom is -0.352 e. The van der Waals surface area contributed by atoms with Crippen LogP contribution in [0.5, 0.6) is 0 Å². The lowest BCUT2D eigenvalue weighted by Crippen LogP contribution is -2.37. The highest BCUT2D eigenvalue weighted by molar-refractivity contribution is 5.21. The van der Waals surface area contributed by atoms with E-state index >= 15 is 0 Å². The van der Waals surface area contributed by atoms with E-state index < -0.39 is 0 Å². The van der Waals surface area contributed by atoms with Crippen molar-refractivity contribution in [3.05, 3.63) is 47.8 Å². The standard InChI is InChI=1S/C21H29FO2/c1-2-3-4-6-16-14-23-21(24-15-16)18-11-9-17(10-12-18)19-7-5-8-20(22)13-19/h4-8,13,16-18,21H,2-3,9-12,14-15H2,1H3. The van der Waals surface area contributed by atoms with Gasteiger partial charge >= 0.3 is 0 Å². The highest BCUT2D eigenvalue weighted by Gasteiger charge is 2.32. The first kappa shape index (κ1) is 17.6.